The number of ether oxygens (including phenoxy) is 1. The highest BCUT2D eigenvalue weighted by atomic mass is 19.1. The quantitative estimate of drug-likeness (QED) is 0.830. The van der Waals surface area contributed by atoms with Crippen LogP contribution >= 0.6 is 0 Å². The molecule has 94 valence electrons. The largest absolute Gasteiger partial charge is 0.481 e. The van der Waals surface area contributed by atoms with Crippen molar-refractivity contribution in [1.82, 2.24) is 9.97 Å². The Morgan fingerprint density at radius 3 is 2.78 bits per heavy atom. The lowest BCUT2D eigenvalue weighted by Crippen LogP contribution is -2.19. The van der Waals surface area contributed by atoms with Crippen molar-refractivity contribution in [3.05, 3.63) is 47.9 Å². The van der Waals surface area contributed by atoms with E-state index in [4.69, 9.17) is 4.74 Å². The normalized spacial score (nSPS) is 10.2. The topological polar surface area (TPSA) is 38.2 Å². The van der Waals surface area contributed by atoms with Crippen LogP contribution in [0.3, 0.4) is 0 Å². The Hall–Kier alpha value is -2.17. The zero-order valence-electron chi connectivity index (χ0n) is 10.3. The van der Waals surface area contributed by atoms with Gasteiger partial charge in [0.25, 0.3) is 0 Å². The van der Waals surface area contributed by atoms with E-state index in [2.05, 4.69) is 9.97 Å². The minimum atomic E-state index is -0.229. The Morgan fingerprint density at radius 2 is 2.06 bits per heavy atom. The Kier molecular flexibility index (Phi) is 3.72. The van der Waals surface area contributed by atoms with E-state index in [1.165, 1.54) is 6.07 Å². The molecular weight excluding hydrogens is 233 g/mol. The highest BCUT2D eigenvalue weighted by molar-refractivity contribution is 5.33. The first-order valence-electron chi connectivity index (χ1n) is 5.52. The van der Waals surface area contributed by atoms with E-state index in [9.17, 15) is 4.39 Å². The third-order valence-electron chi connectivity index (χ3n) is 2.53. The van der Waals surface area contributed by atoms with Gasteiger partial charge in [0.05, 0.1) is 7.11 Å². The molecule has 0 fully saturated rings. The van der Waals surface area contributed by atoms with E-state index in [-0.39, 0.29) is 5.82 Å². The second kappa shape index (κ2) is 5.44. The van der Waals surface area contributed by atoms with Crippen LogP contribution in [0.15, 0.2) is 36.5 Å². The van der Waals surface area contributed by atoms with E-state index in [1.54, 1.807) is 49.5 Å². The van der Waals surface area contributed by atoms with Crippen LogP contribution in [-0.4, -0.2) is 24.1 Å². The summed E-state index contributed by atoms with van der Waals surface area (Å²) < 4.78 is 18.5. The lowest BCUT2D eigenvalue weighted by atomic mass is 10.2. The molecule has 0 aliphatic heterocycles. The number of anilines is 1. The summed E-state index contributed by atoms with van der Waals surface area (Å²) in [4.78, 5) is 10.1. The summed E-state index contributed by atoms with van der Waals surface area (Å²) in [6.07, 6.45) is 1.61. The Bertz CT molecular complexity index is 533. The standard InChI is InChI=1S/C13H14FN3O/c1-17(9-10-5-3-4-6-11(10)14)13-15-8-7-12(16-13)18-2/h3-8H,9H2,1-2H3. The molecule has 1 aromatic heterocycles. The second-order valence-electron chi connectivity index (χ2n) is 3.85. The summed E-state index contributed by atoms with van der Waals surface area (Å²) >= 11 is 0. The van der Waals surface area contributed by atoms with E-state index < -0.39 is 0 Å². The summed E-state index contributed by atoms with van der Waals surface area (Å²) in [7, 11) is 3.35. The van der Waals surface area contributed by atoms with Gasteiger partial charge in [-0.1, -0.05) is 18.2 Å². The fourth-order valence-electron chi connectivity index (χ4n) is 1.58. The molecule has 2 rings (SSSR count). The maximum absolute atomic E-state index is 13.5. The van der Waals surface area contributed by atoms with Crippen molar-refractivity contribution < 1.29 is 9.13 Å². The fraction of sp³-hybridized carbons (Fsp3) is 0.231. The number of nitrogens with zero attached hydrogens (tertiary/aromatic N) is 3. The fourth-order valence-corrected chi connectivity index (χ4v) is 1.58. The predicted octanol–water partition coefficient (Wildman–Crippen LogP) is 2.26. The van der Waals surface area contributed by atoms with Crippen molar-refractivity contribution in [3.63, 3.8) is 0 Å². The number of halogens is 1. The maximum Gasteiger partial charge on any atom is 0.228 e. The summed E-state index contributed by atoms with van der Waals surface area (Å²) in [5, 5.41) is 0. The van der Waals surface area contributed by atoms with Gasteiger partial charge in [-0.15, -0.1) is 0 Å². The molecule has 4 nitrogen and oxygen atoms in total. The molecule has 0 bridgehead atoms. The van der Waals surface area contributed by atoms with Crippen molar-refractivity contribution in [1.29, 1.82) is 0 Å². The monoisotopic (exact) mass is 247 g/mol. The van der Waals surface area contributed by atoms with Crippen molar-refractivity contribution in [2.24, 2.45) is 0 Å². The zero-order valence-corrected chi connectivity index (χ0v) is 10.3. The Balaban J connectivity index is 2.16. The van der Waals surface area contributed by atoms with Gasteiger partial charge in [0.1, 0.15) is 5.82 Å². The minimum absolute atomic E-state index is 0.229. The molecule has 0 atom stereocenters. The average molecular weight is 247 g/mol. The number of benzene rings is 1. The number of aromatic nitrogens is 2. The van der Waals surface area contributed by atoms with Crippen molar-refractivity contribution in [3.8, 4) is 5.88 Å². The van der Waals surface area contributed by atoms with Gasteiger partial charge in [-0.3, -0.25) is 0 Å². The Morgan fingerprint density at radius 1 is 1.28 bits per heavy atom. The summed E-state index contributed by atoms with van der Waals surface area (Å²) in [6.45, 7) is 0.403. The van der Waals surface area contributed by atoms with Crippen LogP contribution in [0, 0.1) is 5.82 Å². The molecule has 0 spiro atoms. The summed E-state index contributed by atoms with van der Waals surface area (Å²) in [5.41, 5.74) is 0.603. The molecule has 5 heteroatoms. The highest BCUT2D eigenvalue weighted by Gasteiger charge is 2.08. The van der Waals surface area contributed by atoms with Gasteiger partial charge < -0.3 is 9.64 Å². The lowest BCUT2D eigenvalue weighted by molar-refractivity contribution is 0.397. The van der Waals surface area contributed by atoms with Crippen LogP contribution in [0.25, 0.3) is 0 Å². The van der Waals surface area contributed by atoms with E-state index in [1.807, 2.05) is 0 Å². The van der Waals surface area contributed by atoms with Crippen LogP contribution in [0.1, 0.15) is 5.56 Å². The van der Waals surface area contributed by atoms with Crippen LogP contribution < -0.4 is 9.64 Å². The predicted molar refractivity (Wildman–Crippen MR) is 67.1 cm³/mol. The number of methoxy groups -OCH3 is 1. The third-order valence-corrected chi connectivity index (χ3v) is 2.53. The third kappa shape index (κ3) is 2.74. The molecule has 0 radical (unpaired) electrons. The van der Waals surface area contributed by atoms with Gasteiger partial charge >= 0.3 is 0 Å². The van der Waals surface area contributed by atoms with E-state index in [0.717, 1.165) is 0 Å². The first-order chi connectivity index (χ1) is 8.70. The number of hydrogen-bond acceptors (Lipinski definition) is 4. The van der Waals surface area contributed by atoms with E-state index in [0.29, 0.717) is 23.9 Å². The average Bonchev–Trinajstić information content (AvgIpc) is 2.41. The molecule has 0 aliphatic carbocycles. The van der Waals surface area contributed by atoms with Crippen LogP contribution in [0.2, 0.25) is 0 Å². The van der Waals surface area contributed by atoms with E-state index >= 15 is 0 Å². The van der Waals surface area contributed by atoms with Gasteiger partial charge in [0, 0.05) is 31.4 Å². The summed E-state index contributed by atoms with van der Waals surface area (Å²) in [5.74, 6) is 0.755. The molecular formula is C13H14FN3O. The molecule has 2 aromatic rings. The molecule has 0 aliphatic rings. The first-order valence-corrected chi connectivity index (χ1v) is 5.52. The van der Waals surface area contributed by atoms with Crippen molar-refractivity contribution >= 4 is 5.95 Å². The van der Waals surface area contributed by atoms with Gasteiger partial charge in [-0.05, 0) is 6.07 Å². The molecule has 0 saturated carbocycles. The van der Waals surface area contributed by atoms with Gasteiger partial charge in [-0.2, -0.15) is 4.98 Å². The zero-order chi connectivity index (χ0) is 13.0. The molecule has 0 saturated heterocycles. The second-order valence-corrected chi connectivity index (χ2v) is 3.85. The van der Waals surface area contributed by atoms with Crippen molar-refractivity contribution in [2.45, 2.75) is 6.54 Å². The SMILES string of the molecule is COc1ccnc(N(C)Cc2ccccc2F)n1. The van der Waals surface area contributed by atoms with Gasteiger partial charge in [0.2, 0.25) is 11.8 Å². The lowest BCUT2D eigenvalue weighted by Gasteiger charge is -2.17. The maximum atomic E-state index is 13.5. The molecule has 0 unspecified atom stereocenters. The van der Waals surface area contributed by atoms with Crippen LogP contribution in [0.5, 0.6) is 5.88 Å². The molecule has 0 N–H and O–H groups in total. The molecule has 18 heavy (non-hydrogen) atoms. The summed E-state index contributed by atoms with van der Waals surface area (Å²) in [6, 6.07) is 8.32. The minimum Gasteiger partial charge on any atom is -0.481 e. The number of hydrogen-bond donors (Lipinski definition) is 0. The Labute approximate surface area is 105 Å². The molecule has 1 aromatic carbocycles. The highest BCUT2D eigenvalue weighted by Crippen LogP contribution is 2.15. The number of rotatable bonds is 4. The molecule has 0 amide bonds. The van der Waals surface area contributed by atoms with Gasteiger partial charge in [-0.25, -0.2) is 9.37 Å². The molecule has 1 heterocycles. The smallest absolute Gasteiger partial charge is 0.228 e. The van der Waals surface area contributed by atoms with Crippen LogP contribution in [-0.2, 0) is 6.54 Å². The van der Waals surface area contributed by atoms with Gasteiger partial charge in [0.15, 0.2) is 0 Å². The van der Waals surface area contributed by atoms with Crippen LogP contribution in [0.4, 0.5) is 10.3 Å². The first kappa shape index (κ1) is 12.3. The van der Waals surface area contributed by atoms with Crippen molar-refractivity contribution in [2.75, 3.05) is 19.1 Å².